The molecule has 122 valence electrons. The van der Waals surface area contributed by atoms with Crippen LogP contribution in [0, 0.1) is 0 Å². The number of methoxy groups -OCH3 is 1. The molecular formula is C19H18N2O3. The highest BCUT2D eigenvalue weighted by Crippen LogP contribution is 2.20. The molecule has 0 amide bonds. The van der Waals surface area contributed by atoms with Gasteiger partial charge in [0.05, 0.1) is 26.3 Å². The van der Waals surface area contributed by atoms with E-state index in [1.54, 1.807) is 7.11 Å². The van der Waals surface area contributed by atoms with Crippen LogP contribution in [0.4, 0.5) is 0 Å². The first kappa shape index (κ1) is 15.8. The molecule has 24 heavy (non-hydrogen) atoms. The summed E-state index contributed by atoms with van der Waals surface area (Å²) in [6.45, 7) is 0.682. The Balaban J connectivity index is 1.71. The smallest absolute Gasteiger partial charge is 0.307 e. The first-order valence-electron chi connectivity index (χ1n) is 7.60. The normalized spacial score (nSPS) is 10.5. The molecular weight excluding hydrogens is 304 g/mol. The summed E-state index contributed by atoms with van der Waals surface area (Å²) in [6, 6.07) is 15.4. The van der Waals surface area contributed by atoms with Gasteiger partial charge in [-0.2, -0.15) is 5.10 Å². The van der Waals surface area contributed by atoms with Crippen LogP contribution < -0.4 is 4.74 Å². The van der Waals surface area contributed by atoms with Crippen molar-refractivity contribution in [3.63, 3.8) is 0 Å². The van der Waals surface area contributed by atoms with Gasteiger partial charge in [0.15, 0.2) is 0 Å². The number of ether oxygens (including phenoxy) is 1. The summed E-state index contributed by atoms with van der Waals surface area (Å²) in [6.07, 6.45) is 3.84. The lowest BCUT2D eigenvalue weighted by Crippen LogP contribution is -1.99. The fourth-order valence-corrected chi connectivity index (χ4v) is 2.51. The molecule has 0 fully saturated rings. The summed E-state index contributed by atoms with van der Waals surface area (Å²) in [5, 5.41) is 13.2. The van der Waals surface area contributed by atoms with E-state index in [9.17, 15) is 4.79 Å². The maximum atomic E-state index is 10.7. The second-order valence-corrected chi connectivity index (χ2v) is 5.54. The van der Waals surface area contributed by atoms with Crippen LogP contribution in [0.1, 0.15) is 11.1 Å². The molecule has 0 saturated heterocycles. The minimum atomic E-state index is -0.824. The van der Waals surface area contributed by atoms with Gasteiger partial charge < -0.3 is 9.84 Å². The van der Waals surface area contributed by atoms with Crippen LogP contribution in [-0.4, -0.2) is 28.0 Å². The van der Waals surface area contributed by atoms with Crippen molar-refractivity contribution < 1.29 is 14.6 Å². The molecule has 1 heterocycles. The van der Waals surface area contributed by atoms with E-state index in [2.05, 4.69) is 5.10 Å². The van der Waals surface area contributed by atoms with E-state index < -0.39 is 5.97 Å². The maximum Gasteiger partial charge on any atom is 0.307 e. The number of nitrogens with zero attached hydrogens (tertiary/aromatic N) is 2. The lowest BCUT2D eigenvalue weighted by Gasteiger charge is -2.04. The van der Waals surface area contributed by atoms with Gasteiger partial charge in [-0.05, 0) is 28.8 Å². The SMILES string of the molecule is COc1ccc(Cn2cc(-c3ccc(CC(=O)O)cc3)cn2)cc1. The van der Waals surface area contributed by atoms with Crippen molar-refractivity contribution in [1.29, 1.82) is 0 Å². The topological polar surface area (TPSA) is 64.3 Å². The Kier molecular flexibility index (Phi) is 4.61. The van der Waals surface area contributed by atoms with Gasteiger partial charge in [0.25, 0.3) is 0 Å². The van der Waals surface area contributed by atoms with E-state index in [1.165, 1.54) is 0 Å². The Morgan fingerprint density at radius 3 is 2.33 bits per heavy atom. The number of aromatic nitrogens is 2. The van der Waals surface area contributed by atoms with Crippen LogP contribution >= 0.6 is 0 Å². The highest BCUT2D eigenvalue weighted by molar-refractivity contribution is 5.71. The van der Waals surface area contributed by atoms with Crippen LogP contribution in [0.25, 0.3) is 11.1 Å². The second kappa shape index (κ2) is 7.00. The molecule has 0 aliphatic heterocycles. The molecule has 0 bridgehead atoms. The van der Waals surface area contributed by atoms with Crippen molar-refractivity contribution in [3.05, 3.63) is 72.1 Å². The van der Waals surface area contributed by atoms with Crippen LogP contribution in [0.15, 0.2) is 60.9 Å². The van der Waals surface area contributed by atoms with E-state index >= 15 is 0 Å². The molecule has 0 saturated carbocycles. The second-order valence-electron chi connectivity index (χ2n) is 5.54. The number of hydrogen-bond acceptors (Lipinski definition) is 3. The van der Waals surface area contributed by atoms with Gasteiger partial charge in [-0.25, -0.2) is 0 Å². The number of carbonyl (C=O) groups is 1. The van der Waals surface area contributed by atoms with Crippen LogP contribution in [0.5, 0.6) is 5.75 Å². The summed E-state index contributed by atoms with van der Waals surface area (Å²) in [4.78, 5) is 10.7. The summed E-state index contributed by atoms with van der Waals surface area (Å²) in [5.74, 6) is 0.0106. The van der Waals surface area contributed by atoms with Crippen molar-refractivity contribution in [2.24, 2.45) is 0 Å². The summed E-state index contributed by atoms with van der Waals surface area (Å²) in [5.41, 5.74) is 3.95. The molecule has 3 rings (SSSR count). The Morgan fingerprint density at radius 2 is 1.71 bits per heavy atom. The zero-order valence-electron chi connectivity index (χ0n) is 13.3. The number of carboxylic acid groups (broad SMARTS) is 1. The Hall–Kier alpha value is -3.08. The molecule has 0 radical (unpaired) electrons. The fraction of sp³-hybridized carbons (Fsp3) is 0.158. The number of hydrogen-bond donors (Lipinski definition) is 1. The van der Waals surface area contributed by atoms with Gasteiger partial charge in [-0.3, -0.25) is 9.48 Å². The minimum Gasteiger partial charge on any atom is -0.497 e. The molecule has 0 aliphatic carbocycles. The van der Waals surface area contributed by atoms with Gasteiger partial charge in [-0.15, -0.1) is 0 Å². The zero-order chi connectivity index (χ0) is 16.9. The van der Waals surface area contributed by atoms with E-state index in [1.807, 2.05) is 65.6 Å². The molecule has 5 nitrogen and oxygen atoms in total. The Labute approximate surface area is 140 Å². The maximum absolute atomic E-state index is 10.7. The van der Waals surface area contributed by atoms with Crippen molar-refractivity contribution in [2.45, 2.75) is 13.0 Å². The molecule has 0 aliphatic rings. The average molecular weight is 322 g/mol. The first-order valence-corrected chi connectivity index (χ1v) is 7.60. The van der Waals surface area contributed by atoms with E-state index in [-0.39, 0.29) is 6.42 Å². The number of aliphatic carboxylic acids is 1. The fourth-order valence-electron chi connectivity index (χ4n) is 2.51. The molecule has 3 aromatic rings. The van der Waals surface area contributed by atoms with Crippen molar-refractivity contribution in [2.75, 3.05) is 7.11 Å². The third kappa shape index (κ3) is 3.81. The van der Waals surface area contributed by atoms with Crippen LogP contribution in [0.2, 0.25) is 0 Å². The van der Waals surface area contributed by atoms with Gasteiger partial charge in [0.2, 0.25) is 0 Å². The lowest BCUT2D eigenvalue weighted by molar-refractivity contribution is -0.136. The third-order valence-corrected chi connectivity index (χ3v) is 3.78. The Morgan fingerprint density at radius 1 is 1.04 bits per heavy atom. The predicted molar refractivity (Wildman–Crippen MR) is 91.1 cm³/mol. The lowest BCUT2D eigenvalue weighted by atomic mass is 10.1. The van der Waals surface area contributed by atoms with Gasteiger partial charge in [-0.1, -0.05) is 36.4 Å². The molecule has 1 N–H and O–H groups in total. The first-order chi connectivity index (χ1) is 11.6. The standard InChI is InChI=1S/C19H18N2O3/c1-24-18-8-4-15(5-9-18)12-21-13-17(11-20-21)16-6-2-14(3-7-16)10-19(22)23/h2-9,11,13H,10,12H2,1H3,(H,22,23). The van der Waals surface area contributed by atoms with Gasteiger partial charge in [0, 0.05) is 11.8 Å². The monoisotopic (exact) mass is 322 g/mol. The van der Waals surface area contributed by atoms with Crippen molar-refractivity contribution in [1.82, 2.24) is 9.78 Å². The van der Waals surface area contributed by atoms with Gasteiger partial charge in [0.1, 0.15) is 5.75 Å². The molecule has 0 unspecified atom stereocenters. The Bertz CT molecular complexity index is 821. The summed E-state index contributed by atoms with van der Waals surface area (Å²) < 4.78 is 7.03. The average Bonchev–Trinajstić information content (AvgIpc) is 3.04. The highest BCUT2D eigenvalue weighted by atomic mass is 16.5. The molecule has 0 spiro atoms. The highest BCUT2D eigenvalue weighted by Gasteiger charge is 2.05. The van der Waals surface area contributed by atoms with E-state index in [0.717, 1.165) is 28.0 Å². The minimum absolute atomic E-state index is 0.0387. The van der Waals surface area contributed by atoms with E-state index in [0.29, 0.717) is 6.54 Å². The third-order valence-electron chi connectivity index (χ3n) is 3.78. The van der Waals surface area contributed by atoms with Crippen LogP contribution in [-0.2, 0) is 17.8 Å². The van der Waals surface area contributed by atoms with Crippen LogP contribution in [0.3, 0.4) is 0 Å². The summed E-state index contributed by atoms with van der Waals surface area (Å²) >= 11 is 0. The largest absolute Gasteiger partial charge is 0.497 e. The summed E-state index contributed by atoms with van der Waals surface area (Å²) in [7, 11) is 1.65. The van der Waals surface area contributed by atoms with Crippen molar-refractivity contribution >= 4 is 5.97 Å². The van der Waals surface area contributed by atoms with Gasteiger partial charge >= 0.3 is 5.97 Å². The quantitative estimate of drug-likeness (QED) is 0.757. The zero-order valence-corrected chi connectivity index (χ0v) is 13.3. The molecule has 1 aromatic heterocycles. The number of carboxylic acids is 1. The van der Waals surface area contributed by atoms with E-state index in [4.69, 9.17) is 9.84 Å². The molecule has 2 aromatic carbocycles. The molecule has 5 heteroatoms. The predicted octanol–water partition coefficient (Wildman–Crippen LogP) is 3.23. The molecule has 0 atom stereocenters. The van der Waals surface area contributed by atoms with Crippen molar-refractivity contribution in [3.8, 4) is 16.9 Å². The number of benzene rings is 2. The number of rotatable bonds is 6.